The van der Waals surface area contributed by atoms with Crippen molar-refractivity contribution in [1.29, 1.82) is 0 Å². The molecule has 1 atom stereocenters. The van der Waals surface area contributed by atoms with Crippen molar-refractivity contribution in [2.45, 2.75) is 18.9 Å². The molecule has 0 aromatic carbocycles. The summed E-state index contributed by atoms with van der Waals surface area (Å²) in [6.45, 7) is 6.52. The van der Waals surface area contributed by atoms with Crippen molar-refractivity contribution in [2.24, 2.45) is 5.92 Å². The molecule has 1 saturated carbocycles. The summed E-state index contributed by atoms with van der Waals surface area (Å²) in [6, 6.07) is -0.324. The minimum absolute atomic E-state index is 0.324. The van der Waals surface area contributed by atoms with Crippen molar-refractivity contribution in [3.05, 3.63) is 11.4 Å². The second-order valence-corrected chi connectivity index (χ2v) is 2.09. The molecule has 42 valence electrons. The van der Waals surface area contributed by atoms with Crippen molar-refractivity contribution in [3.8, 4) is 0 Å². The molecule has 2 heteroatoms. The van der Waals surface area contributed by atoms with Gasteiger partial charge >= 0.3 is 0 Å². The van der Waals surface area contributed by atoms with Gasteiger partial charge in [-0.25, -0.2) is 6.57 Å². The van der Waals surface area contributed by atoms with Crippen LogP contribution in [0, 0.1) is 12.5 Å². The molecule has 0 amide bonds. The second-order valence-electron chi connectivity index (χ2n) is 2.09. The van der Waals surface area contributed by atoms with E-state index in [1.54, 1.807) is 0 Å². The SMILES string of the molecule is [C-]#[N+]C(C=O)C1CC1. The van der Waals surface area contributed by atoms with E-state index in [2.05, 4.69) is 4.85 Å². The Kier molecular flexibility index (Phi) is 1.29. The van der Waals surface area contributed by atoms with Crippen molar-refractivity contribution >= 4 is 6.29 Å². The van der Waals surface area contributed by atoms with Crippen molar-refractivity contribution in [3.63, 3.8) is 0 Å². The highest BCUT2D eigenvalue weighted by molar-refractivity contribution is 5.61. The van der Waals surface area contributed by atoms with Crippen LogP contribution in [0.3, 0.4) is 0 Å². The largest absolute Gasteiger partial charge is 0.305 e. The average Bonchev–Trinajstić information content (AvgIpc) is 2.53. The van der Waals surface area contributed by atoms with E-state index in [9.17, 15) is 4.79 Å². The monoisotopic (exact) mass is 109 g/mol. The Bertz CT molecular complexity index is 132. The van der Waals surface area contributed by atoms with Crippen LogP contribution in [0.2, 0.25) is 0 Å². The first-order chi connectivity index (χ1) is 3.88. The molecule has 0 aliphatic heterocycles. The molecule has 0 N–H and O–H groups in total. The zero-order valence-electron chi connectivity index (χ0n) is 4.50. The highest BCUT2D eigenvalue weighted by Gasteiger charge is 2.35. The van der Waals surface area contributed by atoms with Crippen LogP contribution >= 0.6 is 0 Å². The van der Waals surface area contributed by atoms with Crippen LogP contribution < -0.4 is 0 Å². The Morgan fingerprint density at radius 2 is 2.38 bits per heavy atom. The lowest BCUT2D eigenvalue weighted by molar-refractivity contribution is -0.108. The van der Waals surface area contributed by atoms with E-state index in [1.165, 1.54) is 0 Å². The standard InChI is InChI=1S/C6H7NO/c1-7-6(4-8)5-2-3-5/h4-6H,2-3H2. The fraction of sp³-hybridized carbons (Fsp3) is 0.667. The summed E-state index contributed by atoms with van der Waals surface area (Å²) in [5.41, 5.74) is 0. The molecule has 0 aromatic heterocycles. The Balaban J connectivity index is 2.39. The number of carbonyl (C=O) groups excluding carboxylic acids is 1. The maximum Gasteiger partial charge on any atom is 0.280 e. The fourth-order valence-electron chi connectivity index (χ4n) is 0.685. The van der Waals surface area contributed by atoms with Gasteiger partial charge in [0.05, 0.1) is 0 Å². The van der Waals surface area contributed by atoms with Crippen LogP contribution in [0.5, 0.6) is 0 Å². The number of nitrogens with zero attached hydrogens (tertiary/aromatic N) is 1. The van der Waals surface area contributed by atoms with Crippen molar-refractivity contribution in [1.82, 2.24) is 0 Å². The summed E-state index contributed by atoms with van der Waals surface area (Å²) in [5.74, 6) is 0.407. The van der Waals surface area contributed by atoms with E-state index in [1.807, 2.05) is 0 Å². The summed E-state index contributed by atoms with van der Waals surface area (Å²) in [7, 11) is 0. The van der Waals surface area contributed by atoms with E-state index in [0.717, 1.165) is 19.1 Å². The van der Waals surface area contributed by atoms with Crippen LogP contribution in [-0.4, -0.2) is 12.3 Å². The van der Waals surface area contributed by atoms with Gasteiger partial charge < -0.3 is 4.85 Å². The third-order valence-corrected chi connectivity index (χ3v) is 1.39. The normalized spacial score (nSPS) is 21.4. The molecule has 0 radical (unpaired) electrons. The lowest BCUT2D eigenvalue weighted by Gasteiger charge is -1.86. The summed E-state index contributed by atoms with van der Waals surface area (Å²) in [4.78, 5) is 13.2. The summed E-state index contributed by atoms with van der Waals surface area (Å²) in [5, 5.41) is 0. The number of hydrogen-bond acceptors (Lipinski definition) is 1. The van der Waals surface area contributed by atoms with Gasteiger partial charge in [0, 0.05) is 5.92 Å². The Morgan fingerprint density at radius 3 is 2.50 bits per heavy atom. The van der Waals surface area contributed by atoms with Gasteiger partial charge in [0.25, 0.3) is 6.04 Å². The third-order valence-electron chi connectivity index (χ3n) is 1.39. The zero-order valence-corrected chi connectivity index (χ0v) is 4.50. The molecule has 8 heavy (non-hydrogen) atoms. The Morgan fingerprint density at radius 1 is 1.75 bits per heavy atom. The molecule has 1 rings (SSSR count). The van der Waals surface area contributed by atoms with Gasteiger partial charge in [-0.15, -0.1) is 0 Å². The summed E-state index contributed by atoms with van der Waals surface area (Å²) in [6.07, 6.45) is 2.90. The summed E-state index contributed by atoms with van der Waals surface area (Å²) < 4.78 is 0. The predicted octanol–water partition coefficient (Wildman–Crippen LogP) is 0.883. The van der Waals surface area contributed by atoms with Crippen molar-refractivity contribution < 1.29 is 4.79 Å². The number of aldehydes is 1. The molecule has 0 spiro atoms. The summed E-state index contributed by atoms with van der Waals surface area (Å²) >= 11 is 0. The maximum absolute atomic E-state index is 10.0. The van der Waals surface area contributed by atoms with Gasteiger partial charge in [0.2, 0.25) is 6.29 Å². The van der Waals surface area contributed by atoms with E-state index in [-0.39, 0.29) is 6.04 Å². The maximum atomic E-state index is 10.0. The van der Waals surface area contributed by atoms with Gasteiger partial charge in [-0.1, -0.05) is 0 Å². The van der Waals surface area contributed by atoms with Gasteiger partial charge in [0.1, 0.15) is 0 Å². The molecule has 1 aliphatic rings. The Hall–Kier alpha value is -0.840. The number of carbonyl (C=O) groups is 1. The van der Waals surface area contributed by atoms with Crippen LogP contribution in [0.4, 0.5) is 0 Å². The fourth-order valence-corrected chi connectivity index (χ4v) is 0.685. The minimum atomic E-state index is -0.324. The van der Waals surface area contributed by atoms with Crippen LogP contribution in [0.25, 0.3) is 4.85 Å². The van der Waals surface area contributed by atoms with Crippen LogP contribution in [0.15, 0.2) is 0 Å². The lowest BCUT2D eigenvalue weighted by atomic mass is 10.2. The van der Waals surface area contributed by atoms with Gasteiger partial charge in [-0.2, -0.15) is 0 Å². The molecule has 1 aliphatic carbocycles. The second kappa shape index (κ2) is 1.95. The molecular weight excluding hydrogens is 102 g/mol. The van der Waals surface area contributed by atoms with E-state index >= 15 is 0 Å². The first-order valence-corrected chi connectivity index (χ1v) is 2.70. The number of hydrogen-bond donors (Lipinski definition) is 0. The molecule has 1 unspecified atom stereocenters. The van der Waals surface area contributed by atoms with E-state index in [0.29, 0.717) is 5.92 Å². The van der Waals surface area contributed by atoms with E-state index in [4.69, 9.17) is 6.57 Å². The van der Waals surface area contributed by atoms with Crippen molar-refractivity contribution in [2.75, 3.05) is 0 Å². The lowest BCUT2D eigenvalue weighted by Crippen LogP contribution is -2.04. The van der Waals surface area contributed by atoms with E-state index < -0.39 is 0 Å². The average molecular weight is 109 g/mol. The highest BCUT2D eigenvalue weighted by atomic mass is 16.1. The topological polar surface area (TPSA) is 21.4 Å². The van der Waals surface area contributed by atoms with Gasteiger partial charge in [0.15, 0.2) is 0 Å². The highest BCUT2D eigenvalue weighted by Crippen LogP contribution is 2.33. The third kappa shape index (κ3) is 0.865. The molecule has 0 saturated heterocycles. The predicted molar refractivity (Wildman–Crippen MR) is 29.2 cm³/mol. The van der Waals surface area contributed by atoms with Gasteiger partial charge in [-0.05, 0) is 12.8 Å². The molecular formula is C6H7NO. The zero-order chi connectivity index (χ0) is 5.98. The molecule has 0 heterocycles. The van der Waals surface area contributed by atoms with Crippen LogP contribution in [0.1, 0.15) is 12.8 Å². The van der Waals surface area contributed by atoms with Gasteiger partial charge in [-0.3, -0.25) is 4.79 Å². The Labute approximate surface area is 48.3 Å². The minimum Gasteiger partial charge on any atom is -0.305 e. The molecule has 2 nitrogen and oxygen atoms in total. The smallest absolute Gasteiger partial charge is 0.280 e. The quantitative estimate of drug-likeness (QED) is 0.381. The first-order valence-electron chi connectivity index (χ1n) is 2.70. The molecule has 0 aromatic rings. The number of rotatable bonds is 2. The molecule has 0 bridgehead atoms. The first kappa shape index (κ1) is 5.30. The van der Waals surface area contributed by atoms with Crippen LogP contribution in [-0.2, 0) is 4.79 Å². The molecule has 1 fully saturated rings.